The van der Waals surface area contributed by atoms with E-state index in [-0.39, 0.29) is 47.6 Å². The van der Waals surface area contributed by atoms with E-state index >= 15 is 0 Å². The minimum absolute atomic E-state index is 0.122. The van der Waals surface area contributed by atoms with Gasteiger partial charge in [-0.05, 0) is 22.2 Å². The number of aliphatic hydroxyl groups excluding tert-OH is 1. The van der Waals surface area contributed by atoms with Gasteiger partial charge in [0.1, 0.15) is 18.3 Å². The number of aliphatic hydroxyl groups is 1. The Kier molecular flexibility index (Phi) is 7.60. The maximum atomic E-state index is 12.4. The fourth-order valence-corrected chi connectivity index (χ4v) is 16.4. The maximum absolute atomic E-state index is 12.4. The van der Waals surface area contributed by atoms with Gasteiger partial charge in [0.15, 0.2) is 6.23 Å². The molecule has 11 heteroatoms. The van der Waals surface area contributed by atoms with Crippen LogP contribution in [0.25, 0.3) is 0 Å². The van der Waals surface area contributed by atoms with Gasteiger partial charge < -0.3 is 22.8 Å². The lowest BCUT2D eigenvalue weighted by molar-refractivity contribution is -0.125. The summed E-state index contributed by atoms with van der Waals surface area (Å²) in [5.74, 6) is -0.326. The quantitative estimate of drug-likeness (QED) is 0.452. The molecular formula is C21H40N2O7Si2. The minimum Gasteiger partial charge on any atom is -0.414 e. The van der Waals surface area contributed by atoms with E-state index in [4.69, 9.17) is 17.7 Å². The monoisotopic (exact) mass is 489 g/mol. The average molecular weight is 490 g/mol. The summed E-state index contributed by atoms with van der Waals surface area (Å²) < 4.78 is 26.8. The van der Waals surface area contributed by atoms with E-state index in [0.717, 1.165) is 0 Å². The number of urea groups is 1. The Hall–Kier alpha value is -0.826. The Morgan fingerprint density at radius 1 is 0.969 bits per heavy atom. The molecule has 0 saturated carbocycles. The van der Waals surface area contributed by atoms with Gasteiger partial charge in [-0.3, -0.25) is 15.0 Å². The first-order valence-corrected chi connectivity index (χ1v) is 15.8. The molecular weight excluding hydrogens is 449 g/mol. The van der Waals surface area contributed by atoms with Gasteiger partial charge in [-0.1, -0.05) is 55.4 Å². The lowest BCUT2D eigenvalue weighted by Crippen LogP contribution is -2.66. The van der Waals surface area contributed by atoms with E-state index in [2.05, 4.69) is 60.7 Å². The van der Waals surface area contributed by atoms with Crippen LogP contribution in [0.1, 0.15) is 61.8 Å². The molecule has 3 rings (SSSR count). The number of nitrogens with zero attached hydrogens (tertiary/aromatic N) is 1. The molecule has 3 aliphatic rings. The average Bonchev–Trinajstić information content (AvgIpc) is 2.96. The zero-order chi connectivity index (χ0) is 24.0. The molecule has 3 heterocycles. The second-order valence-electron chi connectivity index (χ2n) is 10.4. The van der Waals surface area contributed by atoms with Crippen molar-refractivity contribution >= 4 is 29.1 Å². The maximum Gasteiger partial charge on any atom is 0.335 e. The zero-order valence-electron chi connectivity index (χ0n) is 20.6. The van der Waals surface area contributed by atoms with Crippen molar-refractivity contribution in [3.63, 3.8) is 0 Å². The van der Waals surface area contributed by atoms with Crippen LogP contribution in [0.4, 0.5) is 4.79 Å². The minimum atomic E-state index is -2.89. The summed E-state index contributed by atoms with van der Waals surface area (Å²) in [6.07, 6.45) is -3.00. The van der Waals surface area contributed by atoms with Crippen molar-refractivity contribution in [1.82, 2.24) is 10.2 Å². The molecule has 3 aliphatic heterocycles. The number of carbonyl (C=O) groups is 2. The molecule has 32 heavy (non-hydrogen) atoms. The summed E-state index contributed by atoms with van der Waals surface area (Å²) in [5.41, 5.74) is 0.647. The molecule has 4 atom stereocenters. The van der Waals surface area contributed by atoms with Gasteiger partial charge >= 0.3 is 23.2 Å². The first-order valence-electron chi connectivity index (χ1n) is 11.8. The van der Waals surface area contributed by atoms with E-state index in [9.17, 15) is 14.7 Å². The van der Waals surface area contributed by atoms with Crippen LogP contribution in [-0.2, 0) is 22.5 Å². The molecule has 0 spiro atoms. The first kappa shape index (κ1) is 25.8. The van der Waals surface area contributed by atoms with Crippen molar-refractivity contribution in [2.24, 2.45) is 0 Å². The van der Waals surface area contributed by atoms with E-state index in [1.54, 1.807) is 0 Å². The van der Waals surface area contributed by atoms with Crippen LogP contribution in [0.2, 0.25) is 22.2 Å². The molecule has 3 amide bonds. The van der Waals surface area contributed by atoms with Crippen LogP contribution in [-0.4, -0.2) is 76.8 Å². The third-order valence-electron chi connectivity index (χ3n) is 7.04. The number of nitrogens with one attached hydrogen (secondary N) is 1. The number of fused-ring (bicyclic) bond motifs is 1. The summed E-state index contributed by atoms with van der Waals surface area (Å²) in [6.45, 7) is 17.5. The summed E-state index contributed by atoms with van der Waals surface area (Å²) in [6, 6.07) is -0.555. The van der Waals surface area contributed by atoms with E-state index in [0.29, 0.717) is 0 Å². The number of imide groups is 1. The summed E-state index contributed by atoms with van der Waals surface area (Å²) in [7, 11) is -5.60. The number of amides is 3. The normalized spacial score (nSPS) is 33.0. The number of carbonyl (C=O) groups excluding carboxylic acids is 2. The van der Waals surface area contributed by atoms with Gasteiger partial charge in [0.25, 0.3) is 0 Å². The molecule has 0 aromatic heterocycles. The predicted octanol–water partition coefficient (Wildman–Crippen LogP) is 2.97. The van der Waals surface area contributed by atoms with Crippen molar-refractivity contribution in [2.45, 2.75) is 109 Å². The van der Waals surface area contributed by atoms with Gasteiger partial charge in [0, 0.05) is 13.0 Å². The molecule has 0 aliphatic carbocycles. The number of hydrogen-bond donors (Lipinski definition) is 2. The Morgan fingerprint density at radius 2 is 1.53 bits per heavy atom. The zero-order valence-corrected chi connectivity index (χ0v) is 22.6. The van der Waals surface area contributed by atoms with Crippen molar-refractivity contribution in [3.8, 4) is 0 Å². The molecule has 0 bridgehead atoms. The molecule has 4 unspecified atom stereocenters. The van der Waals surface area contributed by atoms with Crippen molar-refractivity contribution in [3.05, 3.63) is 0 Å². The predicted molar refractivity (Wildman–Crippen MR) is 123 cm³/mol. The molecule has 0 radical (unpaired) electrons. The first-order chi connectivity index (χ1) is 14.9. The number of ether oxygens (including phenoxy) is 1. The Morgan fingerprint density at radius 3 is 2.03 bits per heavy atom. The standard InChI is InChI=1S/C21H40N2O7Si2/c1-12(2)31(13(3)4)27-11-16-19(29-32(30-31,14(5)6)15(7)8)18(25)20(28-16)23-10-9-17(24)22-21(23)26/h12-16,18-20,25H,9-11H2,1-8H3,(H,22,24,26)/i22+1. The number of rotatable bonds is 5. The van der Waals surface area contributed by atoms with Crippen LogP contribution >= 0.6 is 0 Å². The Labute approximate surface area is 193 Å². The molecule has 0 aromatic rings. The Bertz CT molecular complexity index is 702. The van der Waals surface area contributed by atoms with Crippen LogP contribution in [0.15, 0.2) is 0 Å². The van der Waals surface area contributed by atoms with Gasteiger partial charge in [0.05, 0.1) is 6.61 Å². The molecule has 184 valence electrons. The highest BCUT2D eigenvalue weighted by Gasteiger charge is 2.62. The second-order valence-corrected chi connectivity index (χ2v) is 19.3. The van der Waals surface area contributed by atoms with Gasteiger partial charge in [-0.25, -0.2) is 4.79 Å². The summed E-state index contributed by atoms with van der Waals surface area (Å²) in [4.78, 5) is 25.4. The third kappa shape index (κ3) is 4.32. The lowest BCUT2D eigenvalue weighted by Gasteiger charge is -2.51. The van der Waals surface area contributed by atoms with Crippen LogP contribution in [0.3, 0.4) is 0 Å². The van der Waals surface area contributed by atoms with E-state index in [1.165, 1.54) is 4.90 Å². The highest BCUT2D eigenvalue weighted by atomic mass is 28.5. The van der Waals surface area contributed by atoms with Crippen LogP contribution in [0.5, 0.6) is 0 Å². The van der Waals surface area contributed by atoms with Crippen LogP contribution < -0.4 is 5.32 Å². The number of hydrogen-bond acceptors (Lipinski definition) is 7. The van der Waals surface area contributed by atoms with Crippen molar-refractivity contribution < 1.29 is 32.4 Å². The summed E-state index contributed by atoms with van der Waals surface area (Å²) >= 11 is 0. The highest BCUT2D eigenvalue weighted by Crippen LogP contribution is 2.47. The van der Waals surface area contributed by atoms with Gasteiger partial charge in [-0.2, -0.15) is 0 Å². The van der Waals surface area contributed by atoms with Crippen molar-refractivity contribution in [2.75, 3.05) is 13.2 Å². The highest BCUT2D eigenvalue weighted by molar-refractivity contribution is 6.83. The van der Waals surface area contributed by atoms with E-state index < -0.39 is 47.7 Å². The molecule has 9 nitrogen and oxygen atoms in total. The van der Waals surface area contributed by atoms with Gasteiger partial charge in [-0.15, -0.1) is 0 Å². The smallest absolute Gasteiger partial charge is 0.335 e. The molecule has 2 N–H and O–H groups in total. The van der Waals surface area contributed by atoms with Crippen LogP contribution in [0, 0.1) is 0 Å². The van der Waals surface area contributed by atoms with Crippen molar-refractivity contribution in [1.29, 1.82) is 0 Å². The lowest BCUT2D eigenvalue weighted by atomic mass is 10.1. The topological polar surface area (TPSA) is 107 Å². The molecule has 0 aromatic carbocycles. The molecule has 3 saturated heterocycles. The summed E-state index contributed by atoms with van der Waals surface area (Å²) in [5, 5.41) is 13.6. The Balaban J connectivity index is 1.99. The second kappa shape index (κ2) is 9.43. The third-order valence-corrected chi connectivity index (χ3v) is 17.3. The van der Waals surface area contributed by atoms with E-state index in [1.807, 2.05) is 0 Å². The van der Waals surface area contributed by atoms with Gasteiger partial charge in [0.2, 0.25) is 5.91 Å². The molecule has 3 fully saturated rings. The fourth-order valence-electron chi connectivity index (χ4n) is 5.21. The largest absolute Gasteiger partial charge is 0.414 e. The SMILES string of the molecule is CC(C)[Si]1(C(C)C)OCC2OC(N3CCC(=O)[15NH]C3=O)C(O)C2O[Si](C(C)C)(C(C)C)O1. The fraction of sp³-hybridized carbons (Fsp3) is 0.905.